The van der Waals surface area contributed by atoms with Gasteiger partial charge in [0.05, 0.1) is 18.7 Å². The number of nitrogens with zero attached hydrogens (tertiary/aromatic N) is 1. The molecule has 3 N–H and O–H groups in total. The average Bonchev–Trinajstić information content (AvgIpc) is 2.84. The number of ether oxygens (including phenoxy) is 1. The zero-order valence-corrected chi connectivity index (χ0v) is 11.5. The summed E-state index contributed by atoms with van der Waals surface area (Å²) in [5.74, 6) is 0.331. The lowest BCUT2D eigenvalue weighted by molar-refractivity contribution is 0.0527. The molecule has 2 aromatic rings. The molecule has 6 nitrogen and oxygen atoms in total. The standard InChI is InChI=1S/C14H17N3O3/c1-3-19-14(18)12-7-10(4-5-13(12)15)16-8-11-6-9(2)20-17-11/h4-7,16H,3,8,15H2,1-2H3. The maximum Gasteiger partial charge on any atom is 0.340 e. The van der Waals surface area contributed by atoms with Crippen LogP contribution in [0.15, 0.2) is 28.8 Å². The molecule has 1 aromatic carbocycles. The van der Waals surface area contributed by atoms with E-state index in [0.29, 0.717) is 24.4 Å². The lowest BCUT2D eigenvalue weighted by Gasteiger charge is -2.09. The van der Waals surface area contributed by atoms with Crippen molar-refractivity contribution >= 4 is 17.3 Å². The highest BCUT2D eigenvalue weighted by molar-refractivity contribution is 5.96. The number of rotatable bonds is 5. The van der Waals surface area contributed by atoms with Crippen LogP contribution < -0.4 is 11.1 Å². The number of hydrogen-bond acceptors (Lipinski definition) is 6. The molecule has 2 rings (SSSR count). The van der Waals surface area contributed by atoms with Crippen molar-refractivity contribution in [1.82, 2.24) is 5.16 Å². The Labute approximate surface area is 116 Å². The molecule has 0 atom stereocenters. The van der Waals surface area contributed by atoms with Crippen molar-refractivity contribution in [2.24, 2.45) is 0 Å². The molecule has 106 valence electrons. The maximum absolute atomic E-state index is 11.7. The molecule has 0 radical (unpaired) electrons. The van der Waals surface area contributed by atoms with E-state index in [0.717, 1.165) is 17.1 Å². The Bertz CT molecular complexity index is 607. The second kappa shape index (κ2) is 6.10. The summed E-state index contributed by atoms with van der Waals surface area (Å²) in [7, 11) is 0. The van der Waals surface area contributed by atoms with Gasteiger partial charge in [0.2, 0.25) is 0 Å². The second-order valence-electron chi connectivity index (χ2n) is 4.30. The second-order valence-corrected chi connectivity index (χ2v) is 4.30. The third kappa shape index (κ3) is 3.28. The number of nitrogen functional groups attached to an aromatic ring is 1. The largest absolute Gasteiger partial charge is 0.462 e. The lowest BCUT2D eigenvalue weighted by Crippen LogP contribution is -2.09. The summed E-state index contributed by atoms with van der Waals surface area (Å²) in [6.07, 6.45) is 0. The molecule has 6 heteroatoms. The van der Waals surface area contributed by atoms with Crippen molar-refractivity contribution in [3.8, 4) is 0 Å². The van der Waals surface area contributed by atoms with Crippen LogP contribution in [0.25, 0.3) is 0 Å². The highest BCUT2D eigenvalue weighted by atomic mass is 16.5. The molecule has 1 heterocycles. The van der Waals surface area contributed by atoms with E-state index in [2.05, 4.69) is 10.5 Å². The number of esters is 1. The van der Waals surface area contributed by atoms with Crippen molar-refractivity contribution in [1.29, 1.82) is 0 Å². The summed E-state index contributed by atoms with van der Waals surface area (Å²) < 4.78 is 9.94. The molecule has 0 saturated carbocycles. The molecule has 0 spiro atoms. The van der Waals surface area contributed by atoms with Crippen molar-refractivity contribution in [3.05, 3.63) is 41.3 Å². The van der Waals surface area contributed by atoms with Gasteiger partial charge in [0.25, 0.3) is 0 Å². The Hall–Kier alpha value is -2.50. The van der Waals surface area contributed by atoms with Gasteiger partial charge in [0.15, 0.2) is 0 Å². The van der Waals surface area contributed by atoms with Gasteiger partial charge in [-0.15, -0.1) is 0 Å². The summed E-state index contributed by atoms with van der Waals surface area (Å²) in [6.45, 7) is 4.40. The first kappa shape index (κ1) is 13.9. The number of hydrogen-bond donors (Lipinski definition) is 2. The average molecular weight is 275 g/mol. The zero-order chi connectivity index (χ0) is 14.5. The number of nitrogens with one attached hydrogen (secondary N) is 1. The zero-order valence-electron chi connectivity index (χ0n) is 11.5. The minimum Gasteiger partial charge on any atom is -0.462 e. The minimum absolute atomic E-state index is 0.314. The molecule has 0 bridgehead atoms. The van der Waals surface area contributed by atoms with E-state index >= 15 is 0 Å². The van der Waals surface area contributed by atoms with Gasteiger partial charge >= 0.3 is 5.97 Å². The minimum atomic E-state index is -0.425. The monoisotopic (exact) mass is 275 g/mol. The summed E-state index contributed by atoms with van der Waals surface area (Å²) in [5.41, 5.74) is 8.08. The van der Waals surface area contributed by atoms with Gasteiger partial charge < -0.3 is 20.3 Å². The van der Waals surface area contributed by atoms with Crippen LogP contribution in [0.4, 0.5) is 11.4 Å². The van der Waals surface area contributed by atoms with Crippen LogP contribution in [0.2, 0.25) is 0 Å². The summed E-state index contributed by atoms with van der Waals surface area (Å²) in [6, 6.07) is 6.98. The Morgan fingerprint density at radius 1 is 1.45 bits per heavy atom. The van der Waals surface area contributed by atoms with Crippen molar-refractivity contribution in [3.63, 3.8) is 0 Å². The summed E-state index contributed by atoms with van der Waals surface area (Å²) in [4.78, 5) is 11.7. The highest BCUT2D eigenvalue weighted by Crippen LogP contribution is 2.19. The van der Waals surface area contributed by atoms with E-state index in [-0.39, 0.29) is 0 Å². The van der Waals surface area contributed by atoms with E-state index in [1.807, 2.05) is 13.0 Å². The fourth-order valence-electron chi connectivity index (χ4n) is 1.75. The Morgan fingerprint density at radius 2 is 2.25 bits per heavy atom. The summed E-state index contributed by atoms with van der Waals surface area (Å²) >= 11 is 0. The number of aromatic nitrogens is 1. The molecular formula is C14H17N3O3. The topological polar surface area (TPSA) is 90.4 Å². The predicted molar refractivity (Wildman–Crippen MR) is 75.4 cm³/mol. The molecule has 0 amide bonds. The Morgan fingerprint density at radius 3 is 2.90 bits per heavy atom. The molecular weight excluding hydrogens is 258 g/mol. The molecule has 0 unspecified atom stereocenters. The highest BCUT2D eigenvalue weighted by Gasteiger charge is 2.11. The third-order valence-corrected chi connectivity index (χ3v) is 2.70. The third-order valence-electron chi connectivity index (χ3n) is 2.70. The van der Waals surface area contributed by atoms with Crippen LogP contribution in [-0.4, -0.2) is 17.7 Å². The summed E-state index contributed by atoms with van der Waals surface area (Å²) in [5, 5.41) is 7.03. The van der Waals surface area contributed by atoms with Gasteiger partial charge in [-0.25, -0.2) is 4.79 Å². The van der Waals surface area contributed by atoms with E-state index in [1.54, 1.807) is 25.1 Å². The molecule has 0 aliphatic rings. The first-order valence-electron chi connectivity index (χ1n) is 6.33. The van der Waals surface area contributed by atoms with Crippen LogP contribution in [0, 0.1) is 6.92 Å². The van der Waals surface area contributed by atoms with Crippen LogP contribution in [0.3, 0.4) is 0 Å². The molecule has 0 aliphatic carbocycles. The predicted octanol–water partition coefficient (Wildman–Crippen LogP) is 2.35. The Kier molecular flexibility index (Phi) is 4.24. The number of aryl methyl sites for hydroxylation is 1. The van der Waals surface area contributed by atoms with Crippen LogP contribution in [0.5, 0.6) is 0 Å². The van der Waals surface area contributed by atoms with Crippen LogP contribution in [-0.2, 0) is 11.3 Å². The molecule has 0 aliphatic heterocycles. The number of carbonyl (C=O) groups is 1. The van der Waals surface area contributed by atoms with Crippen molar-refractivity contribution in [2.75, 3.05) is 17.7 Å². The maximum atomic E-state index is 11.7. The first-order valence-corrected chi connectivity index (χ1v) is 6.33. The fraction of sp³-hybridized carbons (Fsp3) is 0.286. The number of nitrogens with two attached hydrogens (primary N) is 1. The van der Waals surface area contributed by atoms with Gasteiger partial charge in [0.1, 0.15) is 11.5 Å². The van der Waals surface area contributed by atoms with Gasteiger partial charge in [-0.3, -0.25) is 0 Å². The number of anilines is 2. The van der Waals surface area contributed by atoms with Gasteiger partial charge in [-0.05, 0) is 32.0 Å². The van der Waals surface area contributed by atoms with E-state index in [4.69, 9.17) is 15.0 Å². The Balaban J connectivity index is 2.08. The van der Waals surface area contributed by atoms with Gasteiger partial charge in [0, 0.05) is 17.4 Å². The molecule has 0 fully saturated rings. The van der Waals surface area contributed by atoms with E-state index in [1.165, 1.54) is 0 Å². The lowest BCUT2D eigenvalue weighted by atomic mass is 10.1. The fourth-order valence-corrected chi connectivity index (χ4v) is 1.75. The normalized spacial score (nSPS) is 10.3. The van der Waals surface area contributed by atoms with Crippen molar-refractivity contribution in [2.45, 2.75) is 20.4 Å². The smallest absolute Gasteiger partial charge is 0.340 e. The van der Waals surface area contributed by atoms with Crippen LogP contribution in [0.1, 0.15) is 28.7 Å². The van der Waals surface area contributed by atoms with Gasteiger partial charge in [-0.1, -0.05) is 5.16 Å². The SMILES string of the molecule is CCOC(=O)c1cc(NCc2cc(C)on2)ccc1N. The quantitative estimate of drug-likeness (QED) is 0.643. The molecule has 0 saturated heterocycles. The van der Waals surface area contributed by atoms with Crippen LogP contribution >= 0.6 is 0 Å². The van der Waals surface area contributed by atoms with Gasteiger partial charge in [-0.2, -0.15) is 0 Å². The molecule has 1 aromatic heterocycles. The number of carbonyl (C=O) groups excluding carboxylic acids is 1. The molecule has 20 heavy (non-hydrogen) atoms. The number of benzene rings is 1. The van der Waals surface area contributed by atoms with Crippen molar-refractivity contribution < 1.29 is 14.1 Å². The van der Waals surface area contributed by atoms with E-state index < -0.39 is 5.97 Å². The first-order chi connectivity index (χ1) is 9.60. The van der Waals surface area contributed by atoms with E-state index in [9.17, 15) is 4.79 Å².